The fourth-order valence-corrected chi connectivity index (χ4v) is 1.73. The predicted octanol–water partition coefficient (Wildman–Crippen LogP) is 2.82. The number of pyridine rings is 1. The van der Waals surface area contributed by atoms with Crippen molar-refractivity contribution >= 4 is 17.5 Å². The number of nitrogens with zero attached hydrogens (tertiary/aromatic N) is 1. The van der Waals surface area contributed by atoms with E-state index < -0.39 is 6.10 Å². The largest absolute Gasteiger partial charge is 0.481 e. The molecule has 0 aliphatic carbocycles. The van der Waals surface area contributed by atoms with Crippen LogP contribution in [0, 0.1) is 0 Å². The fourth-order valence-electron chi connectivity index (χ4n) is 1.60. The standard InChI is InChI=1S/C15H15ClN2O2/c1-11(20-14-4-2-13(16)3-5-14)15(19)18-10-12-6-8-17-9-7-12/h2-9,11H,10H2,1H3,(H,18,19)/t11-/m0/s1. The Kier molecular flexibility index (Phi) is 4.96. The van der Waals surface area contributed by atoms with Gasteiger partial charge in [-0.15, -0.1) is 0 Å². The van der Waals surface area contributed by atoms with Crippen LogP contribution in [0.25, 0.3) is 0 Å². The number of hydrogen-bond donors (Lipinski definition) is 1. The Morgan fingerprint density at radius 1 is 1.25 bits per heavy atom. The molecule has 0 saturated carbocycles. The van der Waals surface area contributed by atoms with Crippen molar-refractivity contribution in [1.82, 2.24) is 10.3 Å². The molecular formula is C15H15ClN2O2. The van der Waals surface area contributed by atoms with Crippen LogP contribution < -0.4 is 10.1 Å². The van der Waals surface area contributed by atoms with E-state index >= 15 is 0 Å². The number of aromatic nitrogens is 1. The maximum atomic E-state index is 11.9. The molecular weight excluding hydrogens is 276 g/mol. The van der Waals surface area contributed by atoms with Gasteiger partial charge < -0.3 is 10.1 Å². The number of nitrogens with one attached hydrogen (secondary N) is 1. The van der Waals surface area contributed by atoms with Gasteiger partial charge in [-0.2, -0.15) is 0 Å². The molecule has 0 radical (unpaired) electrons. The van der Waals surface area contributed by atoms with Gasteiger partial charge in [0.15, 0.2) is 6.10 Å². The number of halogens is 1. The van der Waals surface area contributed by atoms with Crippen LogP contribution in [0.2, 0.25) is 5.02 Å². The molecule has 0 fully saturated rings. The highest BCUT2D eigenvalue weighted by atomic mass is 35.5. The molecule has 4 nitrogen and oxygen atoms in total. The van der Waals surface area contributed by atoms with Crippen molar-refractivity contribution in [3.05, 3.63) is 59.4 Å². The van der Waals surface area contributed by atoms with Gasteiger partial charge in [-0.1, -0.05) is 11.6 Å². The topological polar surface area (TPSA) is 51.2 Å². The second-order valence-corrected chi connectivity index (χ2v) is 4.72. The van der Waals surface area contributed by atoms with E-state index in [4.69, 9.17) is 16.3 Å². The summed E-state index contributed by atoms with van der Waals surface area (Å²) in [6.45, 7) is 2.16. The van der Waals surface area contributed by atoms with Gasteiger partial charge in [0.25, 0.3) is 5.91 Å². The third-order valence-electron chi connectivity index (χ3n) is 2.71. The van der Waals surface area contributed by atoms with Crippen molar-refractivity contribution in [3.8, 4) is 5.75 Å². The lowest BCUT2D eigenvalue weighted by molar-refractivity contribution is -0.127. The van der Waals surface area contributed by atoms with Crippen LogP contribution in [0.1, 0.15) is 12.5 Å². The van der Waals surface area contributed by atoms with Gasteiger partial charge in [-0.25, -0.2) is 0 Å². The van der Waals surface area contributed by atoms with Gasteiger partial charge in [-0.3, -0.25) is 9.78 Å². The number of ether oxygens (including phenoxy) is 1. The number of carbonyl (C=O) groups excluding carboxylic acids is 1. The molecule has 0 spiro atoms. The lowest BCUT2D eigenvalue weighted by atomic mass is 10.2. The quantitative estimate of drug-likeness (QED) is 0.921. The Hall–Kier alpha value is -2.07. The molecule has 0 saturated heterocycles. The van der Waals surface area contributed by atoms with E-state index in [-0.39, 0.29) is 5.91 Å². The molecule has 0 aliphatic heterocycles. The molecule has 1 atom stereocenters. The first-order valence-corrected chi connectivity index (χ1v) is 6.62. The van der Waals surface area contributed by atoms with E-state index in [1.54, 1.807) is 43.6 Å². The van der Waals surface area contributed by atoms with Crippen molar-refractivity contribution in [2.45, 2.75) is 19.6 Å². The summed E-state index contributed by atoms with van der Waals surface area (Å²) in [6, 6.07) is 10.6. The van der Waals surface area contributed by atoms with Gasteiger partial charge >= 0.3 is 0 Å². The number of benzene rings is 1. The van der Waals surface area contributed by atoms with Gasteiger partial charge in [0.1, 0.15) is 5.75 Å². The second kappa shape index (κ2) is 6.91. The minimum Gasteiger partial charge on any atom is -0.481 e. The summed E-state index contributed by atoms with van der Waals surface area (Å²) in [5, 5.41) is 3.44. The molecule has 1 amide bonds. The smallest absolute Gasteiger partial charge is 0.261 e. The van der Waals surface area contributed by atoms with Crippen LogP contribution in [-0.2, 0) is 11.3 Å². The zero-order chi connectivity index (χ0) is 14.4. The molecule has 20 heavy (non-hydrogen) atoms. The molecule has 0 aliphatic rings. The highest BCUT2D eigenvalue weighted by Crippen LogP contribution is 2.16. The summed E-state index contributed by atoms with van der Waals surface area (Å²) in [6.07, 6.45) is 2.81. The van der Waals surface area contributed by atoms with E-state index in [0.717, 1.165) is 5.56 Å². The average Bonchev–Trinajstić information content (AvgIpc) is 2.48. The molecule has 0 bridgehead atoms. The Bertz CT molecular complexity index is 558. The van der Waals surface area contributed by atoms with E-state index in [1.165, 1.54) is 0 Å². The van der Waals surface area contributed by atoms with Gasteiger partial charge in [0, 0.05) is 24.0 Å². The lowest BCUT2D eigenvalue weighted by Gasteiger charge is -2.14. The summed E-state index contributed by atoms with van der Waals surface area (Å²) < 4.78 is 5.54. The molecule has 5 heteroatoms. The van der Waals surface area contributed by atoms with E-state index in [1.807, 2.05) is 12.1 Å². The van der Waals surface area contributed by atoms with Crippen LogP contribution in [0.15, 0.2) is 48.8 Å². The number of carbonyl (C=O) groups is 1. The zero-order valence-electron chi connectivity index (χ0n) is 11.0. The summed E-state index contributed by atoms with van der Waals surface area (Å²) in [4.78, 5) is 15.8. The molecule has 1 heterocycles. The molecule has 2 rings (SSSR count). The first-order chi connectivity index (χ1) is 9.65. The maximum absolute atomic E-state index is 11.9. The second-order valence-electron chi connectivity index (χ2n) is 4.29. The third-order valence-corrected chi connectivity index (χ3v) is 2.96. The van der Waals surface area contributed by atoms with E-state index in [9.17, 15) is 4.79 Å². The lowest BCUT2D eigenvalue weighted by Crippen LogP contribution is -2.35. The number of hydrogen-bond acceptors (Lipinski definition) is 3. The SMILES string of the molecule is C[C@H](Oc1ccc(Cl)cc1)C(=O)NCc1ccncc1. The summed E-state index contributed by atoms with van der Waals surface area (Å²) >= 11 is 5.79. The Morgan fingerprint density at radius 3 is 2.55 bits per heavy atom. The van der Waals surface area contributed by atoms with Crippen LogP contribution in [0.4, 0.5) is 0 Å². The van der Waals surface area contributed by atoms with E-state index in [0.29, 0.717) is 17.3 Å². The summed E-state index contributed by atoms with van der Waals surface area (Å²) in [5.74, 6) is 0.442. The maximum Gasteiger partial charge on any atom is 0.261 e. The summed E-state index contributed by atoms with van der Waals surface area (Å²) in [5.41, 5.74) is 0.993. The van der Waals surface area contributed by atoms with Crippen LogP contribution in [0.3, 0.4) is 0 Å². The summed E-state index contributed by atoms with van der Waals surface area (Å²) in [7, 11) is 0. The minimum absolute atomic E-state index is 0.170. The number of amides is 1. The van der Waals surface area contributed by atoms with Crippen LogP contribution in [0.5, 0.6) is 5.75 Å². The zero-order valence-corrected chi connectivity index (χ0v) is 11.8. The average molecular weight is 291 g/mol. The van der Waals surface area contributed by atoms with Crippen molar-refractivity contribution < 1.29 is 9.53 Å². The van der Waals surface area contributed by atoms with Crippen LogP contribution >= 0.6 is 11.6 Å². The Labute approximate surface area is 122 Å². The Morgan fingerprint density at radius 2 is 1.90 bits per heavy atom. The molecule has 1 aromatic carbocycles. The number of rotatable bonds is 5. The predicted molar refractivity (Wildman–Crippen MR) is 77.6 cm³/mol. The van der Waals surface area contributed by atoms with Crippen LogP contribution in [-0.4, -0.2) is 17.0 Å². The minimum atomic E-state index is -0.571. The monoisotopic (exact) mass is 290 g/mol. The Balaban J connectivity index is 1.84. The first kappa shape index (κ1) is 14.3. The molecule has 104 valence electrons. The fraction of sp³-hybridized carbons (Fsp3) is 0.200. The van der Waals surface area contributed by atoms with Crippen molar-refractivity contribution in [1.29, 1.82) is 0 Å². The van der Waals surface area contributed by atoms with Crippen molar-refractivity contribution in [2.75, 3.05) is 0 Å². The molecule has 0 unspecified atom stereocenters. The molecule has 1 N–H and O–H groups in total. The normalized spacial score (nSPS) is 11.7. The molecule has 1 aromatic heterocycles. The van der Waals surface area contributed by atoms with Gasteiger partial charge in [0.2, 0.25) is 0 Å². The van der Waals surface area contributed by atoms with Gasteiger partial charge in [-0.05, 0) is 48.9 Å². The third kappa shape index (κ3) is 4.24. The van der Waals surface area contributed by atoms with E-state index in [2.05, 4.69) is 10.3 Å². The molecule has 2 aromatic rings. The van der Waals surface area contributed by atoms with Gasteiger partial charge in [0.05, 0.1) is 0 Å². The highest BCUT2D eigenvalue weighted by Gasteiger charge is 2.14. The highest BCUT2D eigenvalue weighted by molar-refractivity contribution is 6.30. The van der Waals surface area contributed by atoms with Crippen molar-refractivity contribution in [3.63, 3.8) is 0 Å². The first-order valence-electron chi connectivity index (χ1n) is 6.24. The van der Waals surface area contributed by atoms with Crippen molar-refractivity contribution in [2.24, 2.45) is 0 Å².